The van der Waals surface area contributed by atoms with Gasteiger partial charge in [-0.15, -0.1) is 11.6 Å². The molecule has 1 heterocycles. The first kappa shape index (κ1) is 11.3. The van der Waals surface area contributed by atoms with Gasteiger partial charge in [0.1, 0.15) is 0 Å². The summed E-state index contributed by atoms with van der Waals surface area (Å²) in [7, 11) is 0. The van der Waals surface area contributed by atoms with Crippen LogP contribution in [0, 0.1) is 0 Å². The summed E-state index contributed by atoms with van der Waals surface area (Å²) >= 11 is 9.39. The third-order valence-corrected chi connectivity index (χ3v) is 3.93. The van der Waals surface area contributed by atoms with Crippen LogP contribution < -0.4 is 4.90 Å². The number of halogens is 2. The molecule has 0 unspecified atom stereocenters. The van der Waals surface area contributed by atoms with Crippen LogP contribution in [0.4, 0.5) is 5.69 Å². The Morgan fingerprint density at radius 2 is 1.93 bits per heavy atom. The molecule has 0 N–H and O–H groups in total. The van der Waals surface area contributed by atoms with Gasteiger partial charge in [-0.05, 0) is 37.0 Å². The normalized spacial score (nSPS) is 16.8. The van der Waals surface area contributed by atoms with Gasteiger partial charge in [0.05, 0.1) is 0 Å². The zero-order chi connectivity index (χ0) is 10.7. The molecule has 1 nitrogen and oxygen atoms in total. The molecule has 0 radical (unpaired) electrons. The lowest BCUT2D eigenvalue weighted by Crippen LogP contribution is -2.29. The summed E-state index contributed by atoms with van der Waals surface area (Å²) in [5.74, 6) is 0.570. The zero-order valence-corrected chi connectivity index (χ0v) is 11.0. The van der Waals surface area contributed by atoms with Gasteiger partial charge in [0, 0.05) is 29.1 Å². The quantitative estimate of drug-likeness (QED) is 0.738. The minimum atomic E-state index is 0.570. The number of rotatable bonds is 2. The molecule has 1 saturated heterocycles. The first-order chi connectivity index (χ1) is 7.31. The van der Waals surface area contributed by atoms with Crippen molar-refractivity contribution in [2.24, 2.45) is 0 Å². The van der Waals surface area contributed by atoms with Crippen LogP contribution in [0.3, 0.4) is 0 Å². The molecular weight excluding hydrogens is 273 g/mol. The Morgan fingerprint density at radius 1 is 1.20 bits per heavy atom. The van der Waals surface area contributed by atoms with Crippen LogP contribution in [0.25, 0.3) is 0 Å². The van der Waals surface area contributed by atoms with Gasteiger partial charge in [-0.25, -0.2) is 0 Å². The van der Waals surface area contributed by atoms with Crippen LogP contribution in [0.15, 0.2) is 22.7 Å². The number of hydrogen-bond donors (Lipinski definition) is 0. The van der Waals surface area contributed by atoms with E-state index in [4.69, 9.17) is 11.6 Å². The van der Waals surface area contributed by atoms with Crippen molar-refractivity contribution in [1.82, 2.24) is 0 Å². The fourth-order valence-corrected chi connectivity index (χ4v) is 2.89. The molecule has 1 aliphatic heterocycles. The van der Waals surface area contributed by atoms with Crippen molar-refractivity contribution >= 4 is 33.2 Å². The summed E-state index contributed by atoms with van der Waals surface area (Å²) in [6.45, 7) is 2.37. The van der Waals surface area contributed by atoms with E-state index in [0.717, 1.165) is 10.0 Å². The number of benzene rings is 1. The highest BCUT2D eigenvalue weighted by Gasteiger charge is 2.11. The average molecular weight is 289 g/mol. The van der Waals surface area contributed by atoms with E-state index in [9.17, 15) is 0 Å². The van der Waals surface area contributed by atoms with Crippen molar-refractivity contribution in [2.75, 3.05) is 18.0 Å². The largest absolute Gasteiger partial charge is 0.372 e. The third kappa shape index (κ3) is 2.67. The number of piperidine rings is 1. The fraction of sp³-hybridized carbons (Fsp3) is 0.500. The molecule has 1 fully saturated rings. The van der Waals surface area contributed by atoms with Gasteiger partial charge in [0.15, 0.2) is 0 Å². The van der Waals surface area contributed by atoms with E-state index in [1.165, 1.54) is 38.0 Å². The zero-order valence-electron chi connectivity index (χ0n) is 8.68. The van der Waals surface area contributed by atoms with Gasteiger partial charge in [-0.3, -0.25) is 0 Å². The highest BCUT2D eigenvalue weighted by atomic mass is 79.9. The van der Waals surface area contributed by atoms with Gasteiger partial charge in [0.25, 0.3) is 0 Å². The van der Waals surface area contributed by atoms with E-state index >= 15 is 0 Å². The number of alkyl halides is 1. The molecule has 0 bridgehead atoms. The highest BCUT2D eigenvalue weighted by molar-refractivity contribution is 9.10. The summed E-state index contributed by atoms with van der Waals surface area (Å²) in [6.07, 6.45) is 4.00. The van der Waals surface area contributed by atoms with Crippen molar-refractivity contribution in [3.8, 4) is 0 Å². The molecule has 1 aromatic rings. The van der Waals surface area contributed by atoms with Crippen LogP contribution in [0.1, 0.15) is 24.8 Å². The van der Waals surface area contributed by atoms with Gasteiger partial charge in [0.2, 0.25) is 0 Å². The van der Waals surface area contributed by atoms with E-state index in [2.05, 4.69) is 39.0 Å². The summed E-state index contributed by atoms with van der Waals surface area (Å²) in [6, 6.07) is 6.47. The number of anilines is 1. The number of hydrogen-bond acceptors (Lipinski definition) is 1. The first-order valence-corrected chi connectivity index (χ1v) is 6.73. The lowest BCUT2D eigenvalue weighted by molar-refractivity contribution is 0.578. The Labute approximate surface area is 105 Å². The predicted molar refractivity (Wildman–Crippen MR) is 69.8 cm³/mol. The first-order valence-electron chi connectivity index (χ1n) is 5.40. The molecule has 0 aromatic heterocycles. The van der Waals surface area contributed by atoms with Crippen molar-refractivity contribution in [1.29, 1.82) is 0 Å². The molecule has 1 aromatic carbocycles. The highest BCUT2D eigenvalue weighted by Crippen LogP contribution is 2.27. The molecule has 2 rings (SSSR count). The van der Waals surface area contributed by atoms with Gasteiger partial charge >= 0.3 is 0 Å². The molecule has 0 aliphatic carbocycles. The summed E-state index contributed by atoms with van der Waals surface area (Å²) in [4.78, 5) is 2.45. The van der Waals surface area contributed by atoms with E-state index in [1.54, 1.807) is 0 Å². The molecule has 1 aliphatic rings. The minimum absolute atomic E-state index is 0.570. The second-order valence-corrected chi connectivity index (χ2v) is 5.08. The predicted octanol–water partition coefficient (Wildman–Crippen LogP) is 4.18. The lowest BCUT2D eigenvalue weighted by Gasteiger charge is -2.29. The topological polar surface area (TPSA) is 3.24 Å². The Balaban J connectivity index is 2.17. The van der Waals surface area contributed by atoms with Gasteiger partial charge < -0.3 is 4.90 Å². The van der Waals surface area contributed by atoms with Gasteiger partial charge in [-0.2, -0.15) is 0 Å². The Morgan fingerprint density at radius 3 is 2.53 bits per heavy atom. The van der Waals surface area contributed by atoms with Crippen LogP contribution >= 0.6 is 27.5 Å². The maximum Gasteiger partial charge on any atom is 0.0485 e. The molecule has 82 valence electrons. The van der Waals surface area contributed by atoms with Gasteiger partial charge in [-0.1, -0.05) is 22.0 Å². The molecule has 0 atom stereocenters. The van der Waals surface area contributed by atoms with E-state index in [-0.39, 0.29) is 0 Å². The number of nitrogens with zero attached hydrogens (tertiary/aromatic N) is 1. The van der Waals surface area contributed by atoms with E-state index < -0.39 is 0 Å². The van der Waals surface area contributed by atoms with Crippen LogP contribution in [0.5, 0.6) is 0 Å². The van der Waals surface area contributed by atoms with Crippen LogP contribution in [0.2, 0.25) is 0 Å². The average Bonchev–Trinajstić information content (AvgIpc) is 2.30. The van der Waals surface area contributed by atoms with Crippen LogP contribution in [-0.4, -0.2) is 13.1 Å². The fourth-order valence-electron chi connectivity index (χ4n) is 1.99. The summed E-state index contributed by atoms with van der Waals surface area (Å²) < 4.78 is 1.13. The maximum absolute atomic E-state index is 5.83. The summed E-state index contributed by atoms with van der Waals surface area (Å²) in [5.41, 5.74) is 2.48. The molecule has 0 amide bonds. The third-order valence-electron chi connectivity index (χ3n) is 2.90. The molecule has 0 saturated carbocycles. The van der Waals surface area contributed by atoms with E-state index in [0.29, 0.717) is 5.88 Å². The van der Waals surface area contributed by atoms with Crippen molar-refractivity contribution in [3.05, 3.63) is 28.2 Å². The second kappa shape index (κ2) is 5.22. The Hall–Kier alpha value is -0.210. The smallest absolute Gasteiger partial charge is 0.0485 e. The standard InChI is InChI=1S/C12H15BrClN/c13-12-8-11(5-4-10(12)9-14)15-6-2-1-3-7-15/h4-5,8H,1-3,6-7,9H2. The molecule has 3 heteroatoms. The van der Waals surface area contributed by atoms with Crippen molar-refractivity contribution < 1.29 is 0 Å². The Bertz CT molecular complexity index is 334. The summed E-state index contributed by atoms with van der Waals surface area (Å²) in [5, 5.41) is 0. The van der Waals surface area contributed by atoms with E-state index in [1.807, 2.05) is 0 Å². The van der Waals surface area contributed by atoms with Crippen LogP contribution in [-0.2, 0) is 5.88 Å². The van der Waals surface area contributed by atoms with Crippen molar-refractivity contribution in [3.63, 3.8) is 0 Å². The SMILES string of the molecule is ClCc1ccc(N2CCCCC2)cc1Br. The monoisotopic (exact) mass is 287 g/mol. The van der Waals surface area contributed by atoms with Crippen molar-refractivity contribution in [2.45, 2.75) is 25.1 Å². The maximum atomic E-state index is 5.83. The lowest BCUT2D eigenvalue weighted by atomic mass is 10.1. The molecule has 15 heavy (non-hydrogen) atoms. The second-order valence-electron chi connectivity index (χ2n) is 3.96. The minimum Gasteiger partial charge on any atom is -0.372 e. The molecular formula is C12H15BrClN. The Kier molecular flexibility index (Phi) is 3.92. The molecule has 0 spiro atoms.